The molecule has 0 bridgehead atoms. The van der Waals surface area contributed by atoms with E-state index in [1.807, 2.05) is 72.5 Å². The number of nitrogens with zero attached hydrogens (tertiary/aromatic N) is 5. The van der Waals surface area contributed by atoms with Gasteiger partial charge in [-0.25, -0.2) is 15.0 Å². The summed E-state index contributed by atoms with van der Waals surface area (Å²) in [7, 11) is 0. The monoisotopic (exact) mass is 450 g/mol. The maximum atomic E-state index is 13.0. The molecular formula is C27H26N6O. The van der Waals surface area contributed by atoms with Gasteiger partial charge in [-0.2, -0.15) is 0 Å². The van der Waals surface area contributed by atoms with Gasteiger partial charge in [0, 0.05) is 44.0 Å². The molecule has 0 saturated carbocycles. The number of hydrogen-bond acceptors (Lipinski definition) is 6. The van der Waals surface area contributed by atoms with Crippen molar-refractivity contribution in [3.8, 4) is 11.1 Å². The predicted molar refractivity (Wildman–Crippen MR) is 134 cm³/mol. The summed E-state index contributed by atoms with van der Waals surface area (Å²) >= 11 is 0. The van der Waals surface area contributed by atoms with Crippen molar-refractivity contribution in [2.45, 2.75) is 6.92 Å². The highest BCUT2D eigenvalue weighted by molar-refractivity contribution is 5.95. The van der Waals surface area contributed by atoms with Crippen molar-refractivity contribution in [2.24, 2.45) is 0 Å². The molecule has 0 atom stereocenters. The normalized spacial score (nSPS) is 13.6. The third kappa shape index (κ3) is 4.88. The topological polar surface area (TPSA) is 74.2 Å². The summed E-state index contributed by atoms with van der Waals surface area (Å²) in [6.07, 6.45) is 3.32. The maximum absolute atomic E-state index is 13.0. The number of carbonyl (C=O) groups is 1. The number of aryl methyl sites for hydroxylation is 1. The molecule has 1 aliphatic rings. The Bertz CT molecular complexity index is 1270. The number of benzene rings is 2. The molecule has 1 fully saturated rings. The molecule has 0 spiro atoms. The van der Waals surface area contributed by atoms with E-state index in [4.69, 9.17) is 0 Å². The first-order valence-electron chi connectivity index (χ1n) is 11.4. The van der Waals surface area contributed by atoms with E-state index in [1.165, 1.54) is 0 Å². The van der Waals surface area contributed by atoms with E-state index >= 15 is 0 Å². The lowest BCUT2D eigenvalue weighted by molar-refractivity contribution is 0.0746. The van der Waals surface area contributed by atoms with Crippen LogP contribution in [0.1, 0.15) is 15.9 Å². The van der Waals surface area contributed by atoms with Gasteiger partial charge in [0.15, 0.2) is 0 Å². The number of aromatic nitrogens is 3. The molecule has 2 aromatic carbocycles. The van der Waals surface area contributed by atoms with Crippen LogP contribution in [0.25, 0.3) is 11.1 Å². The van der Waals surface area contributed by atoms with Gasteiger partial charge in [0.2, 0.25) is 0 Å². The Kier molecular flexibility index (Phi) is 6.16. The molecule has 4 aromatic rings. The van der Waals surface area contributed by atoms with Gasteiger partial charge < -0.3 is 15.1 Å². The number of rotatable bonds is 5. The number of pyridine rings is 1. The highest BCUT2D eigenvalue weighted by atomic mass is 16.2. The second-order valence-corrected chi connectivity index (χ2v) is 8.33. The van der Waals surface area contributed by atoms with Crippen LogP contribution in [0.2, 0.25) is 0 Å². The Balaban J connectivity index is 1.20. The van der Waals surface area contributed by atoms with E-state index in [0.717, 1.165) is 28.3 Å². The summed E-state index contributed by atoms with van der Waals surface area (Å²) in [6.45, 7) is 4.74. The average molecular weight is 451 g/mol. The molecule has 1 saturated heterocycles. The van der Waals surface area contributed by atoms with Crippen LogP contribution >= 0.6 is 0 Å². The molecule has 34 heavy (non-hydrogen) atoms. The van der Waals surface area contributed by atoms with Crippen molar-refractivity contribution in [3.05, 3.63) is 96.4 Å². The molecule has 3 heterocycles. The van der Waals surface area contributed by atoms with Crippen LogP contribution in [-0.2, 0) is 0 Å². The number of nitrogens with one attached hydrogen (secondary N) is 1. The molecular weight excluding hydrogens is 424 g/mol. The fourth-order valence-electron chi connectivity index (χ4n) is 4.08. The molecule has 0 radical (unpaired) electrons. The summed E-state index contributed by atoms with van der Waals surface area (Å²) in [6, 6.07) is 23.9. The van der Waals surface area contributed by atoms with E-state index in [2.05, 4.69) is 37.3 Å². The third-order valence-corrected chi connectivity index (χ3v) is 5.95. The number of anilines is 3. The summed E-state index contributed by atoms with van der Waals surface area (Å²) in [5.74, 6) is 2.35. The molecule has 5 rings (SSSR count). The molecule has 170 valence electrons. The quantitative estimate of drug-likeness (QED) is 0.481. The second kappa shape index (κ2) is 9.70. The lowest BCUT2D eigenvalue weighted by Crippen LogP contribution is -2.49. The first kappa shape index (κ1) is 21.6. The number of piperazine rings is 1. The van der Waals surface area contributed by atoms with Crippen LogP contribution in [0.3, 0.4) is 0 Å². The second-order valence-electron chi connectivity index (χ2n) is 8.33. The molecule has 0 unspecified atom stereocenters. The summed E-state index contributed by atoms with van der Waals surface area (Å²) in [5.41, 5.74) is 4.09. The number of carbonyl (C=O) groups excluding carboxylic acids is 1. The maximum Gasteiger partial charge on any atom is 0.253 e. The summed E-state index contributed by atoms with van der Waals surface area (Å²) in [5, 5.41) is 3.24. The predicted octanol–water partition coefficient (Wildman–Crippen LogP) is 4.55. The van der Waals surface area contributed by atoms with E-state index in [1.54, 1.807) is 12.5 Å². The van der Waals surface area contributed by atoms with E-state index in [0.29, 0.717) is 37.6 Å². The van der Waals surface area contributed by atoms with E-state index in [-0.39, 0.29) is 5.91 Å². The van der Waals surface area contributed by atoms with Gasteiger partial charge in [0.1, 0.15) is 23.8 Å². The lowest BCUT2D eigenvalue weighted by Gasteiger charge is -2.35. The van der Waals surface area contributed by atoms with Gasteiger partial charge in [0.05, 0.1) is 0 Å². The van der Waals surface area contributed by atoms with Crippen LogP contribution in [0.4, 0.5) is 17.5 Å². The Morgan fingerprint density at radius 2 is 1.50 bits per heavy atom. The molecule has 0 aliphatic carbocycles. The Hall–Kier alpha value is -4.26. The number of amides is 1. The molecule has 1 aliphatic heterocycles. The zero-order valence-corrected chi connectivity index (χ0v) is 19.1. The van der Waals surface area contributed by atoms with Crippen LogP contribution in [0, 0.1) is 6.92 Å². The van der Waals surface area contributed by atoms with Crippen LogP contribution < -0.4 is 10.2 Å². The minimum absolute atomic E-state index is 0.0647. The van der Waals surface area contributed by atoms with Crippen molar-refractivity contribution in [3.63, 3.8) is 0 Å². The third-order valence-electron chi connectivity index (χ3n) is 5.95. The van der Waals surface area contributed by atoms with Crippen molar-refractivity contribution in [2.75, 3.05) is 36.4 Å². The Morgan fingerprint density at radius 3 is 2.24 bits per heavy atom. The molecule has 7 nitrogen and oxygen atoms in total. The van der Waals surface area contributed by atoms with Crippen molar-refractivity contribution >= 4 is 23.4 Å². The summed E-state index contributed by atoms with van der Waals surface area (Å²) < 4.78 is 0. The first-order chi connectivity index (χ1) is 16.7. The van der Waals surface area contributed by atoms with Gasteiger partial charge in [-0.05, 0) is 47.9 Å². The van der Waals surface area contributed by atoms with Gasteiger partial charge in [-0.15, -0.1) is 0 Å². The minimum atomic E-state index is 0.0647. The van der Waals surface area contributed by atoms with Gasteiger partial charge in [-0.1, -0.05) is 42.5 Å². The van der Waals surface area contributed by atoms with Crippen molar-refractivity contribution < 1.29 is 4.79 Å². The van der Waals surface area contributed by atoms with Crippen molar-refractivity contribution in [1.82, 2.24) is 19.9 Å². The fourth-order valence-corrected chi connectivity index (χ4v) is 4.08. The standard InChI is InChI=1S/C27H26N6O/c1-20-11-12-28-24(17-20)31-25-18-26(30-19-29-25)32-13-15-33(16-14-32)27(34)23-9-7-22(8-10-23)21-5-3-2-4-6-21/h2-12,17-19H,13-16H2,1H3,(H,28,29,30,31). The Labute approximate surface area is 199 Å². The van der Waals surface area contributed by atoms with E-state index < -0.39 is 0 Å². The van der Waals surface area contributed by atoms with Crippen LogP contribution in [-0.4, -0.2) is 51.9 Å². The fraction of sp³-hybridized carbons (Fsp3) is 0.185. The molecule has 7 heteroatoms. The van der Waals surface area contributed by atoms with E-state index in [9.17, 15) is 4.79 Å². The van der Waals surface area contributed by atoms with Gasteiger partial charge >= 0.3 is 0 Å². The highest BCUT2D eigenvalue weighted by Gasteiger charge is 2.23. The van der Waals surface area contributed by atoms with Crippen LogP contribution in [0.5, 0.6) is 0 Å². The molecule has 1 amide bonds. The molecule has 1 N–H and O–H groups in total. The first-order valence-corrected chi connectivity index (χ1v) is 11.4. The van der Waals surface area contributed by atoms with Gasteiger partial charge in [0.25, 0.3) is 5.91 Å². The molecule has 2 aromatic heterocycles. The SMILES string of the molecule is Cc1ccnc(Nc2cc(N3CCN(C(=O)c4ccc(-c5ccccc5)cc4)CC3)ncn2)c1. The minimum Gasteiger partial charge on any atom is -0.353 e. The lowest BCUT2D eigenvalue weighted by atomic mass is 10.0. The van der Waals surface area contributed by atoms with Gasteiger partial charge in [-0.3, -0.25) is 4.79 Å². The highest BCUT2D eigenvalue weighted by Crippen LogP contribution is 2.22. The number of hydrogen-bond donors (Lipinski definition) is 1. The average Bonchev–Trinajstić information content (AvgIpc) is 2.89. The zero-order valence-electron chi connectivity index (χ0n) is 19.1. The van der Waals surface area contributed by atoms with Crippen molar-refractivity contribution in [1.29, 1.82) is 0 Å². The largest absolute Gasteiger partial charge is 0.353 e. The summed E-state index contributed by atoms with van der Waals surface area (Å²) in [4.78, 5) is 30.2. The zero-order chi connectivity index (χ0) is 23.3. The smallest absolute Gasteiger partial charge is 0.253 e. The Morgan fingerprint density at radius 1 is 0.794 bits per heavy atom. The van der Waals surface area contributed by atoms with Crippen LogP contribution in [0.15, 0.2) is 85.3 Å².